The van der Waals surface area contributed by atoms with Crippen molar-refractivity contribution in [3.8, 4) is 11.8 Å². The molecule has 1 heterocycles. The Labute approximate surface area is 104 Å². The van der Waals surface area contributed by atoms with Gasteiger partial charge in [0, 0.05) is 20.0 Å². The van der Waals surface area contributed by atoms with Crippen LogP contribution in [-0.4, -0.2) is 60.1 Å². The summed E-state index contributed by atoms with van der Waals surface area (Å²) in [6.07, 6.45) is 3.44. The van der Waals surface area contributed by atoms with Crippen LogP contribution < -0.4 is 0 Å². The molecule has 1 aliphatic rings. The lowest BCUT2D eigenvalue weighted by Crippen LogP contribution is -2.41. The number of aliphatic hydroxyl groups is 1. The van der Waals surface area contributed by atoms with Crippen LogP contribution in [0.25, 0.3) is 0 Å². The molecule has 0 aliphatic carbocycles. The highest BCUT2D eigenvalue weighted by Gasteiger charge is 2.20. The van der Waals surface area contributed by atoms with Gasteiger partial charge in [0.05, 0.1) is 19.7 Å². The average molecular weight is 238 g/mol. The molecular formula is C13H22N2O2. The number of hydrogen-bond acceptors (Lipinski definition) is 3. The molecule has 1 rings (SSSR count). The first-order valence-corrected chi connectivity index (χ1v) is 6.17. The van der Waals surface area contributed by atoms with Crippen molar-refractivity contribution in [3.63, 3.8) is 0 Å². The van der Waals surface area contributed by atoms with Crippen LogP contribution in [0.5, 0.6) is 0 Å². The zero-order chi connectivity index (χ0) is 12.7. The van der Waals surface area contributed by atoms with E-state index < -0.39 is 0 Å². The quantitative estimate of drug-likeness (QED) is 0.720. The van der Waals surface area contributed by atoms with E-state index in [1.165, 1.54) is 19.8 Å². The SMILES string of the molecule is CC(=O)N(C)CC#CCN1CCCC[C@@H]1CO. The van der Waals surface area contributed by atoms with Gasteiger partial charge in [0.1, 0.15) is 0 Å². The van der Waals surface area contributed by atoms with Crippen molar-refractivity contribution in [2.75, 3.05) is 33.3 Å². The molecule has 1 aliphatic heterocycles. The monoisotopic (exact) mass is 238 g/mol. The van der Waals surface area contributed by atoms with E-state index >= 15 is 0 Å². The summed E-state index contributed by atoms with van der Waals surface area (Å²) in [4.78, 5) is 14.8. The third-order valence-corrected chi connectivity index (χ3v) is 3.22. The molecule has 1 atom stereocenters. The first-order chi connectivity index (χ1) is 8.15. The maximum absolute atomic E-state index is 11.0. The predicted molar refractivity (Wildman–Crippen MR) is 67.4 cm³/mol. The summed E-state index contributed by atoms with van der Waals surface area (Å²) in [7, 11) is 1.74. The molecule has 1 saturated heterocycles. The fourth-order valence-electron chi connectivity index (χ4n) is 1.92. The van der Waals surface area contributed by atoms with Crippen molar-refractivity contribution in [3.05, 3.63) is 0 Å². The molecule has 0 saturated carbocycles. The Bertz CT molecular complexity index is 306. The average Bonchev–Trinajstić information content (AvgIpc) is 2.34. The lowest BCUT2D eigenvalue weighted by atomic mass is 10.0. The Balaban J connectivity index is 2.33. The van der Waals surface area contributed by atoms with Crippen molar-refractivity contribution in [1.82, 2.24) is 9.80 Å². The van der Waals surface area contributed by atoms with E-state index in [4.69, 9.17) is 0 Å². The van der Waals surface area contributed by atoms with Crippen molar-refractivity contribution in [2.24, 2.45) is 0 Å². The minimum Gasteiger partial charge on any atom is -0.395 e. The van der Waals surface area contributed by atoms with Crippen molar-refractivity contribution < 1.29 is 9.90 Å². The van der Waals surface area contributed by atoms with E-state index in [1.807, 2.05) is 0 Å². The van der Waals surface area contributed by atoms with E-state index in [-0.39, 0.29) is 18.6 Å². The van der Waals surface area contributed by atoms with Gasteiger partial charge in [-0.05, 0) is 19.4 Å². The molecule has 0 aromatic heterocycles. The molecule has 0 aromatic rings. The first kappa shape index (κ1) is 14.0. The Morgan fingerprint density at radius 3 is 2.88 bits per heavy atom. The van der Waals surface area contributed by atoms with Crippen LogP contribution in [0.15, 0.2) is 0 Å². The van der Waals surface area contributed by atoms with Crippen LogP contribution in [0, 0.1) is 11.8 Å². The predicted octanol–water partition coefficient (Wildman–Crippen LogP) is 0.315. The topological polar surface area (TPSA) is 43.8 Å². The molecule has 4 heteroatoms. The molecule has 1 N–H and O–H groups in total. The molecular weight excluding hydrogens is 216 g/mol. The van der Waals surface area contributed by atoms with Crippen LogP contribution in [0.4, 0.5) is 0 Å². The van der Waals surface area contributed by atoms with Gasteiger partial charge >= 0.3 is 0 Å². The molecule has 4 nitrogen and oxygen atoms in total. The van der Waals surface area contributed by atoms with Gasteiger partial charge in [-0.3, -0.25) is 9.69 Å². The summed E-state index contributed by atoms with van der Waals surface area (Å²) in [5.74, 6) is 6.10. The standard InChI is InChI=1S/C13H22N2O2/c1-12(17)14(2)8-5-6-10-15-9-4-3-7-13(15)11-16/h13,16H,3-4,7-11H2,1-2H3/t13-/m1/s1. The smallest absolute Gasteiger partial charge is 0.219 e. The Hall–Kier alpha value is -1.05. The first-order valence-electron chi connectivity index (χ1n) is 6.17. The fourth-order valence-corrected chi connectivity index (χ4v) is 1.92. The minimum absolute atomic E-state index is 0.0329. The second-order valence-electron chi connectivity index (χ2n) is 4.53. The number of carbonyl (C=O) groups excluding carboxylic acids is 1. The van der Waals surface area contributed by atoms with Gasteiger partial charge in [-0.2, -0.15) is 0 Å². The molecule has 0 spiro atoms. The minimum atomic E-state index is 0.0329. The molecule has 0 aromatic carbocycles. The summed E-state index contributed by atoms with van der Waals surface area (Å²) in [6, 6.07) is 0.267. The Morgan fingerprint density at radius 1 is 1.47 bits per heavy atom. The number of rotatable bonds is 3. The highest BCUT2D eigenvalue weighted by atomic mass is 16.3. The van der Waals surface area contributed by atoms with E-state index in [1.54, 1.807) is 11.9 Å². The molecule has 0 unspecified atom stereocenters. The van der Waals surface area contributed by atoms with Crippen LogP contribution in [0.2, 0.25) is 0 Å². The number of hydrogen-bond donors (Lipinski definition) is 1. The van der Waals surface area contributed by atoms with Gasteiger partial charge in [0.2, 0.25) is 5.91 Å². The summed E-state index contributed by atoms with van der Waals surface area (Å²) < 4.78 is 0. The summed E-state index contributed by atoms with van der Waals surface area (Å²) in [5.41, 5.74) is 0. The van der Waals surface area contributed by atoms with Crippen LogP contribution in [0.1, 0.15) is 26.2 Å². The zero-order valence-corrected chi connectivity index (χ0v) is 10.8. The summed E-state index contributed by atoms with van der Waals surface area (Å²) in [5, 5.41) is 9.24. The highest BCUT2D eigenvalue weighted by molar-refractivity contribution is 5.73. The van der Waals surface area contributed by atoms with Crippen molar-refractivity contribution in [1.29, 1.82) is 0 Å². The van der Waals surface area contributed by atoms with Crippen molar-refractivity contribution in [2.45, 2.75) is 32.2 Å². The molecule has 0 bridgehead atoms. The van der Waals surface area contributed by atoms with Crippen molar-refractivity contribution >= 4 is 5.91 Å². The number of carbonyl (C=O) groups is 1. The second kappa shape index (κ2) is 7.31. The molecule has 96 valence electrons. The van der Waals surface area contributed by atoms with Gasteiger partial charge in [-0.25, -0.2) is 0 Å². The number of aliphatic hydroxyl groups excluding tert-OH is 1. The highest BCUT2D eigenvalue weighted by Crippen LogP contribution is 2.15. The fraction of sp³-hybridized carbons (Fsp3) is 0.769. The third-order valence-electron chi connectivity index (χ3n) is 3.22. The second-order valence-corrected chi connectivity index (χ2v) is 4.53. The third kappa shape index (κ3) is 4.76. The number of piperidine rings is 1. The lowest BCUT2D eigenvalue weighted by molar-refractivity contribution is -0.126. The maximum atomic E-state index is 11.0. The van der Waals surface area contributed by atoms with E-state index in [9.17, 15) is 9.90 Å². The van der Waals surface area contributed by atoms with E-state index in [2.05, 4.69) is 16.7 Å². The molecule has 0 radical (unpaired) electrons. The van der Waals surface area contributed by atoms with Crippen LogP contribution in [0.3, 0.4) is 0 Å². The van der Waals surface area contributed by atoms with E-state index in [0.717, 1.165) is 13.0 Å². The molecule has 1 fully saturated rings. The normalized spacial score (nSPS) is 20.5. The summed E-state index contributed by atoms with van der Waals surface area (Å²) >= 11 is 0. The number of likely N-dealkylation sites (tertiary alicyclic amines) is 1. The van der Waals surface area contributed by atoms with E-state index in [0.29, 0.717) is 13.1 Å². The molecule has 1 amide bonds. The zero-order valence-electron chi connectivity index (χ0n) is 10.8. The van der Waals surface area contributed by atoms with Gasteiger partial charge in [0.25, 0.3) is 0 Å². The Morgan fingerprint density at radius 2 is 2.24 bits per heavy atom. The molecule has 17 heavy (non-hydrogen) atoms. The van der Waals surface area contributed by atoms with Gasteiger partial charge in [-0.1, -0.05) is 18.3 Å². The summed E-state index contributed by atoms with van der Waals surface area (Å²) in [6.45, 7) is 3.94. The van der Waals surface area contributed by atoms with Crippen LogP contribution >= 0.6 is 0 Å². The number of nitrogens with zero attached hydrogens (tertiary/aromatic N) is 2. The largest absolute Gasteiger partial charge is 0.395 e. The van der Waals surface area contributed by atoms with Gasteiger partial charge < -0.3 is 10.0 Å². The van der Waals surface area contributed by atoms with Gasteiger partial charge in [-0.15, -0.1) is 0 Å². The number of amides is 1. The maximum Gasteiger partial charge on any atom is 0.219 e. The lowest BCUT2D eigenvalue weighted by Gasteiger charge is -2.32. The van der Waals surface area contributed by atoms with Gasteiger partial charge in [0.15, 0.2) is 0 Å². The van der Waals surface area contributed by atoms with Crippen LogP contribution in [-0.2, 0) is 4.79 Å². The Kier molecular flexibility index (Phi) is 6.03.